The van der Waals surface area contributed by atoms with E-state index in [1.54, 1.807) is 6.26 Å². The van der Waals surface area contributed by atoms with Gasteiger partial charge in [-0.3, -0.25) is 4.99 Å². The minimum absolute atomic E-state index is 0.536. The molecule has 1 aliphatic heterocycles. The van der Waals surface area contributed by atoms with Crippen molar-refractivity contribution in [3.63, 3.8) is 0 Å². The van der Waals surface area contributed by atoms with Crippen LogP contribution in [-0.2, 0) is 6.42 Å². The van der Waals surface area contributed by atoms with Gasteiger partial charge in [0.25, 0.3) is 0 Å². The Labute approximate surface area is 168 Å². The molecule has 1 saturated heterocycles. The van der Waals surface area contributed by atoms with Crippen molar-refractivity contribution < 1.29 is 4.42 Å². The van der Waals surface area contributed by atoms with Crippen LogP contribution in [0, 0.1) is 0 Å². The van der Waals surface area contributed by atoms with Crippen molar-refractivity contribution in [1.82, 2.24) is 15.5 Å². The number of guanidine groups is 1. The molecule has 2 aliphatic rings. The van der Waals surface area contributed by atoms with Crippen molar-refractivity contribution in [3.8, 4) is 0 Å². The predicted molar refractivity (Wildman–Crippen MR) is 116 cm³/mol. The highest BCUT2D eigenvalue weighted by molar-refractivity contribution is 7.98. The molecule has 27 heavy (non-hydrogen) atoms. The number of furan rings is 1. The zero-order valence-electron chi connectivity index (χ0n) is 16.8. The molecule has 1 aromatic heterocycles. The first-order valence-corrected chi connectivity index (χ1v) is 12.0. The second kappa shape index (κ2) is 11.6. The number of nitrogens with one attached hydrogen (secondary N) is 2. The summed E-state index contributed by atoms with van der Waals surface area (Å²) in [6.45, 7) is 4.16. The first-order valence-electron chi connectivity index (χ1n) is 10.7. The number of hydrogen-bond acceptors (Lipinski definition) is 4. The van der Waals surface area contributed by atoms with Gasteiger partial charge in [0.15, 0.2) is 5.96 Å². The van der Waals surface area contributed by atoms with Crippen LogP contribution in [0.15, 0.2) is 27.8 Å². The lowest BCUT2D eigenvalue weighted by Crippen LogP contribution is -2.51. The van der Waals surface area contributed by atoms with E-state index in [0.29, 0.717) is 6.04 Å². The molecule has 152 valence electrons. The molecule has 0 bridgehead atoms. The largest absolute Gasteiger partial charge is 0.469 e. The van der Waals surface area contributed by atoms with Gasteiger partial charge in [-0.15, -0.1) is 0 Å². The van der Waals surface area contributed by atoms with Crippen LogP contribution in [0.1, 0.15) is 50.7 Å². The van der Waals surface area contributed by atoms with Crippen LogP contribution in [-0.4, -0.2) is 61.1 Å². The van der Waals surface area contributed by atoms with Crippen LogP contribution >= 0.6 is 11.8 Å². The molecule has 1 saturated carbocycles. The van der Waals surface area contributed by atoms with Crippen molar-refractivity contribution in [2.45, 2.75) is 63.5 Å². The van der Waals surface area contributed by atoms with Gasteiger partial charge in [-0.25, -0.2) is 0 Å². The summed E-state index contributed by atoms with van der Waals surface area (Å²) in [7, 11) is 0. The topological polar surface area (TPSA) is 52.8 Å². The minimum Gasteiger partial charge on any atom is -0.469 e. The molecule has 3 rings (SSSR count). The molecule has 6 heteroatoms. The van der Waals surface area contributed by atoms with E-state index in [4.69, 9.17) is 9.41 Å². The summed E-state index contributed by atoms with van der Waals surface area (Å²) >= 11 is 1.84. The number of aliphatic imine (C=N–C) groups is 1. The molecular formula is C21H36N4OS. The molecule has 1 aromatic rings. The number of nitrogens with zero attached hydrogens (tertiary/aromatic N) is 2. The average Bonchev–Trinajstić information content (AvgIpc) is 3.23. The van der Waals surface area contributed by atoms with Crippen LogP contribution < -0.4 is 10.6 Å². The Morgan fingerprint density at radius 1 is 1.22 bits per heavy atom. The Morgan fingerprint density at radius 3 is 2.74 bits per heavy atom. The highest BCUT2D eigenvalue weighted by atomic mass is 32.2. The van der Waals surface area contributed by atoms with E-state index >= 15 is 0 Å². The Hall–Kier alpha value is -1.14. The third-order valence-electron chi connectivity index (χ3n) is 5.77. The second-order valence-electron chi connectivity index (χ2n) is 7.73. The van der Waals surface area contributed by atoms with E-state index in [1.807, 2.05) is 23.9 Å². The van der Waals surface area contributed by atoms with Crippen LogP contribution in [0.4, 0.5) is 0 Å². The predicted octanol–water partition coefficient (Wildman–Crippen LogP) is 3.52. The van der Waals surface area contributed by atoms with E-state index in [1.165, 1.54) is 58.0 Å². The fraction of sp³-hybridized carbons (Fsp3) is 0.762. The Bertz CT molecular complexity index is 534. The van der Waals surface area contributed by atoms with Gasteiger partial charge in [-0.05, 0) is 44.1 Å². The lowest BCUT2D eigenvalue weighted by Gasteiger charge is -2.39. The maximum atomic E-state index is 5.42. The van der Waals surface area contributed by atoms with Gasteiger partial charge in [0.05, 0.1) is 12.8 Å². The average molecular weight is 393 g/mol. The summed E-state index contributed by atoms with van der Waals surface area (Å²) in [6, 6.07) is 5.36. The molecule has 5 nitrogen and oxygen atoms in total. The zero-order valence-corrected chi connectivity index (χ0v) is 17.6. The molecule has 0 unspecified atom stereocenters. The van der Waals surface area contributed by atoms with Crippen LogP contribution in [0.3, 0.4) is 0 Å². The third-order valence-corrected chi connectivity index (χ3v) is 6.36. The Balaban J connectivity index is 1.43. The first kappa shape index (κ1) is 20.6. The molecule has 0 atom stereocenters. The van der Waals surface area contributed by atoms with Gasteiger partial charge in [0, 0.05) is 43.9 Å². The SMILES string of the molecule is CSCCN=C(NCCc1ccco1)NC1CCN(C2CCCCC2)CC1. The van der Waals surface area contributed by atoms with Crippen LogP contribution in [0.5, 0.6) is 0 Å². The summed E-state index contributed by atoms with van der Waals surface area (Å²) < 4.78 is 5.42. The molecule has 0 radical (unpaired) electrons. The third kappa shape index (κ3) is 7.07. The number of thioether (sulfide) groups is 1. The molecule has 0 spiro atoms. The van der Waals surface area contributed by atoms with Crippen molar-refractivity contribution >= 4 is 17.7 Å². The Morgan fingerprint density at radius 2 is 2.04 bits per heavy atom. The number of hydrogen-bond donors (Lipinski definition) is 2. The van der Waals surface area contributed by atoms with Gasteiger partial charge >= 0.3 is 0 Å². The summed E-state index contributed by atoms with van der Waals surface area (Å²) in [6.07, 6.45) is 14.3. The number of likely N-dealkylation sites (tertiary alicyclic amines) is 1. The lowest BCUT2D eigenvalue weighted by molar-refractivity contribution is 0.119. The fourth-order valence-electron chi connectivity index (χ4n) is 4.21. The second-order valence-corrected chi connectivity index (χ2v) is 8.71. The quantitative estimate of drug-likeness (QED) is 0.403. The maximum Gasteiger partial charge on any atom is 0.191 e. The number of rotatable bonds is 8. The smallest absolute Gasteiger partial charge is 0.191 e. The molecular weight excluding hydrogens is 356 g/mol. The monoisotopic (exact) mass is 392 g/mol. The highest BCUT2D eigenvalue weighted by Crippen LogP contribution is 2.25. The molecule has 2 fully saturated rings. The van der Waals surface area contributed by atoms with E-state index in [-0.39, 0.29) is 0 Å². The van der Waals surface area contributed by atoms with Crippen molar-refractivity contribution in [1.29, 1.82) is 0 Å². The molecule has 2 N–H and O–H groups in total. The summed E-state index contributed by atoms with van der Waals surface area (Å²) in [5.74, 6) is 3.05. The van der Waals surface area contributed by atoms with Gasteiger partial charge in [-0.1, -0.05) is 19.3 Å². The van der Waals surface area contributed by atoms with E-state index in [0.717, 1.165) is 43.0 Å². The van der Waals surface area contributed by atoms with Gasteiger partial charge in [0.2, 0.25) is 0 Å². The standard InChI is InChI=1S/C21H36N4OS/c1-27-17-13-23-21(22-12-9-20-8-5-16-26-20)24-18-10-14-25(15-11-18)19-6-3-2-4-7-19/h5,8,16,18-19H,2-4,6-7,9-15,17H2,1H3,(H2,22,23,24). The summed E-state index contributed by atoms with van der Waals surface area (Å²) in [5, 5.41) is 7.19. The number of piperidine rings is 1. The fourth-order valence-corrected chi connectivity index (χ4v) is 4.48. The molecule has 0 amide bonds. The summed E-state index contributed by atoms with van der Waals surface area (Å²) in [4.78, 5) is 7.51. The Kier molecular flexibility index (Phi) is 8.88. The normalized spacial score (nSPS) is 20.7. The van der Waals surface area contributed by atoms with Crippen molar-refractivity contribution in [2.24, 2.45) is 4.99 Å². The van der Waals surface area contributed by atoms with Crippen molar-refractivity contribution in [3.05, 3.63) is 24.2 Å². The van der Waals surface area contributed by atoms with Crippen molar-refractivity contribution in [2.75, 3.05) is 38.2 Å². The van der Waals surface area contributed by atoms with Gasteiger partial charge in [0.1, 0.15) is 5.76 Å². The maximum absolute atomic E-state index is 5.42. The van der Waals surface area contributed by atoms with Crippen LogP contribution in [0.2, 0.25) is 0 Å². The molecule has 2 heterocycles. The minimum atomic E-state index is 0.536. The van der Waals surface area contributed by atoms with Crippen LogP contribution in [0.25, 0.3) is 0 Å². The van der Waals surface area contributed by atoms with E-state index in [2.05, 4.69) is 21.8 Å². The van der Waals surface area contributed by atoms with Gasteiger partial charge in [-0.2, -0.15) is 11.8 Å². The van der Waals surface area contributed by atoms with E-state index in [9.17, 15) is 0 Å². The molecule has 1 aliphatic carbocycles. The first-order chi connectivity index (χ1) is 13.3. The lowest BCUT2D eigenvalue weighted by atomic mass is 9.92. The van der Waals surface area contributed by atoms with E-state index < -0.39 is 0 Å². The van der Waals surface area contributed by atoms with Gasteiger partial charge < -0.3 is 20.0 Å². The molecule has 0 aromatic carbocycles. The highest BCUT2D eigenvalue weighted by Gasteiger charge is 2.26. The summed E-state index contributed by atoms with van der Waals surface area (Å²) in [5.41, 5.74) is 0. The zero-order chi connectivity index (χ0) is 18.7.